The maximum Gasteiger partial charge on any atom is 0.196 e. The zero-order valence-electron chi connectivity index (χ0n) is 9.76. The van der Waals surface area contributed by atoms with Crippen LogP contribution in [0.4, 0.5) is 5.69 Å². The molecule has 0 aliphatic heterocycles. The number of carbonyl (C=O) groups is 2. The number of rotatable bonds is 1. The van der Waals surface area contributed by atoms with E-state index >= 15 is 0 Å². The summed E-state index contributed by atoms with van der Waals surface area (Å²) in [6, 6.07) is 11.7. The Morgan fingerprint density at radius 2 is 1.37 bits per heavy atom. The highest BCUT2D eigenvalue weighted by atomic mass is 35.5. The van der Waals surface area contributed by atoms with E-state index < -0.39 is 0 Å². The Kier molecular flexibility index (Phi) is 3.27. The highest BCUT2D eigenvalue weighted by Crippen LogP contribution is 2.32. The summed E-state index contributed by atoms with van der Waals surface area (Å²) in [4.78, 5) is 24.7. The van der Waals surface area contributed by atoms with Gasteiger partial charge in [-0.1, -0.05) is 36.4 Å². The van der Waals surface area contributed by atoms with Crippen LogP contribution in [0.15, 0.2) is 47.6 Å². The molecule has 1 aliphatic carbocycles. The van der Waals surface area contributed by atoms with Crippen LogP contribution in [-0.2, 0) is 0 Å². The lowest BCUT2D eigenvalue weighted by Crippen LogP contribution is -3.00. The first-order valence-electron chi connectivity index (χ1n) is 5.46. The maximum atomic E-state index is 12.4. The van der Waals surface area contributed by atoms with Gasteiger partial charge in [-0.05, 0) is 11.2 Å². The van der Waals surface area contributed by atoms with Gasteiger partial charge < -0.3 is 12.4 Å². The van der Waals surface area contributed by atoms with Crippen LogP contribution in [0.2, 0.25) is 0 Å². The molecule has 3 rings (SSSR count). The molecule has 1 aliphatic rings. The Labute approximate surface area is 115 Å². The van der Waals surface area contributed by atoms with Gasteiger partial charge in [0.25, 0.3) is 0 Å². The summed E-state index contributed by atoms with van der Waals surface area (Å²) >= 11 is 0. The zero-order valence-corrected chi connectivity index (χ0v) is 10.5. The third-order valence-corrected chi connectivity index (χ3v) is 3.07. The van der Waals surface area contributed by atoms with E-state index in [9.17, 15) is 9.59 Å². The number of ketones is 2. The lowest BCUT2D eigenvalue weighted by molar-refractivity contribution is -0.210. The largest absolute Gasteiger partial charge is 1.00 e. The normalized spacial score (nSPS) is 12.2. The van der Waals surface area contributed by atoms with E-state index in [1.54, 1.807) is 42.5 Å². The van der Waals surface area contributed by atoms with Gasteiger partial charge in [-0.3, -0.25) is 9.59 Å². The molecule has 0 saturated heterocycles. The molecule has 0 saturated carbocycles. The van der Waals surface area contributed by atoms with Gasteiger partial charge in [0, 0.05) is 16.7 Å². The van der Waals surface area contributed by atoms with Gasteiger partial charge in [-0.15, -0.1) is 0 Å². The molecule has 19 heavy (non-hydrogen) atoms. The number of nitrogens with two attached hydrogens (primary N) is 1. The summed E-state index contributed by atoms with van der Waals surface area (Å²) < 4.78 is 0. The molecule has 0 atom stereocenters. The quantitative estimate of drug-likeness (QED) is 0.537. The number of benzene rings is 2. The van der Waals surface area contributed by atoms with Gasteiger partial charge in [0.1, 0.15) is 5.69 Å². The van der Waals surface area contributed by atoms with Gasteiger partial charge >= 0.3 is 0 Å². The molecule has 0 unspecified atom stereocenters. The highest BCUT2D eigenvalue weighted by molar-refractivity contribution is 6.29. The van der Waals surface area contributed by atoms with E-state index in [0.717, 1.165) is 0 Å². The van der Waals surface area contributed by atoms with E-state index in [2.05, 4.69) is 5.11 Å². The fourth-order valence-corrected chi connectivity index (χ4v) is 2.23. The van der Waals surface area contributed by atoms with Crippen LogP contribution < -0.4 is 17.9 Å². The van der Waals surface area contributed by atoms with Crippen LogP contribution in [-0.4, -0.2) is 11.6 Å². The minimum atomic E-state index is -0.204. The van der Waals surface area contributed by atoms with Crippen molar-refractivity contribution in [2.75, 3.05) is 0 Å². The topological polar surface area (TPSA) is 72.1 Å². The van der Waals surface area contributed by atoms with Crippen LogP contribution in [0, 0.1) is 0 Å². The van der Waals surface area contributed by atoms with Crippen LogP contribution in [0.25, 0.3) is 0 Å². The first-order valence-corrected chi connectivity index (χ1v) is 5.46. The van der Waals surface area contributed by atoms with Gasteiger partial charge in [0.15, 0.2) is 11.6 Å². The molecular weight excluding hydrogens is 264 g/mol. The fourth-order valence-electron chi connectivity index (χ4n) is 2.23. The Bertz CT molecular complexity index is 710. The van der Waals surface area contributed by atoms with E-state index in [-0.39, 0.29) is 24.0 Å². The van der Waals surface area contributed by atoms with Crippen LogP contribution in [0.1, 0.15) is 31.8 Å². The smallest absolute Gasteiger partial charge is 0.196 e. The van der Waals surface area contributed by atoms with Gasteiger partial charge in [0.05, 0.1) is 5.56 Å². The molecule has 4 nitrogen and oxygen atoms in total. The third-order valence-electron chi connectivity index (χ3n) is 3.07. The molecular formula is C14H9ClN2O2. The molecule has 0 heterocycles. The summed E-state index contributed by atoms with van der Waals surface area (Å²) in [5.74, 6) is -0.365. The molecule has 5 heteroatoms. The lowest BCUT2D eigenvalue weighted by Gasteiger charge is -2.17. The van der Waals surface area contributed by atoms with Crippen molar-refractivity contribution in [3.05, 3.63) is 64.7 Å². The predicted molar refractivity (Wildman–Crippen MR) is 63.8 cm³/mol. The lowest BCUT2D eigenvalue weighted by atomic mass is 9.83. The molecule has 94 valence electrons. The number of hydrogen-bond acceptors (Lipinski definition) is 3. The summed E-state index contributed by atoms with van der Waals surface area (Å²) in [7, 11) is 0. The van der Waals surface area contributed by atoms with Crippen molar-refractivity contribution in [2.24, 2.45) is 5.11 Å². The van der Waals surface area contributed by atoms with Crippen molar-refractivity contribution in [2.45, 2.75) is 0 Å². The number of nitrogens with zero attached hydrogens (tertiary/aromatic N) is 1. The monoisotopic (exact) mass is 272 g/mol. The van der Waals surface area contributed by atoms with Crippen LogP contribution in [0.3, 0.4) is 0 Å². The first-order chi connectivity index (χ1) is 8.74. The van der Waals surface area contributed by atoms with Crippen molar-refractivity contribution in [1.82, 2.24) is 0 Å². The summed E-state index contributed by atoms with van der Waals surface area (Å²) in [6.07, 6.45) is 0. The standard InChI is InChI=1S/C14H8N2O2.ClH/c15-16-11-7-3-6-10-12(11)14(18)9-5-2-1-4-8(9)13(10)17;/h1-7,15H;1H. The molecule has 0 amide bonds. The van der Waals surface area contributed by atoms with Crippen molar-refractivity contribution in [3.8, 4) is 0 Å². The molecule has 0 spiro atoms. The molecule has 0 aromatic heterocycles. The number of carbonyl (C=O) groups excluding carboxylic acids is 2. The Morgan fingerprint density at radius 1 is 0.789 bits per heavy atom. The van der Waals surface area contributed by atoms with E-state index in [0.29, 0.717) is 27.9 Å². The van der Waals surface area contributed by atoms with E-state index in [1.165, 1.54) is 0 Å². The molecule has 0 radical (unpaired) electrons. The number of fused-ring (bicyclic) bond motifs is 2. The second-order valence-electron chi connectivity index (χ2n) is 4.03. The van der Waals surface area contributed by atoms with E-state index in [4.69, 9.17) is 5.53 Å². The maximum absolute atomic E-state index is 12.4. The minimum absolute atomic E-state index is 0. The highest BCUT2D eigenvalue weighted by Gasteiger charge is 2.31. The van der Waals surface area contributed by atoms with Crippen LogP contribution >= 0.6 is 0 Å². The predicted octanol–water partition coefficient (Wildman–Crippen LogP) is -1.69. The van der Waals surface area contributed by atoms with Crippen molar-refractivity contribution in [3.63, 3.8) is 0 Å². The molecule has 0 bridgehead atoms. The minimum Gasteiger partial charge on any atom is -1.00 e. The average molecular weight is 273 g/mol. The van der Waals surface area contributed by atoms with Gasteiger partial charge in [-0.25, -0.2) is 0 Å². The second kappa shape index (κ2) is 4.74. The average Bonchev–Trinajstić information content (AvgIpc) is 2.44. The fraction of sp³-hybridized carbons (Fsp3) is 0. The van der Waals surface area contributed by atoms with Gasteiger partial charge in [0.2, 0.25) is 0 Å². The third kappa shape index (κ3) is 1.77. The van der Waals surface area contributed by atoms with Crippen LogP contribution in [0.5, 0.6) is 0 Å². The first kappa shape index (κ1) is 13.1. The summed E-state index contributed by atoms with van der Waals surface area (Å²) in [5, 5.41) is 3.57. The number of halogens is 1. The van der Waals surface area contributed by atoms with E-state index in [1.807, 2.05) is 0 Å². The van der Waals surface area contributed by atoms with Crippen molar-refractivity contribution >= 4 is 17.3 Å². The Morgan fingerprint density at radius 3 is 2.00 bits per heavy atom. The van der Waals surface area contributed by atoms with Crippen molar-refractivity contribution < 1.29 is 27.5 Å². The molecule has 2 aromatic carbocycles. The summed E-state index contributed by atoms with van der Waals surface area (Å²) in [6.45, 7) is 0. The van der Waals surface area contributed by atoms with Gasteiger partial charge in [-0.2, -0.15) is 5.53 Å². The number of hydrogen-bond donors (Lipinski definition) is 1. The SMILES string of the molecule is [Cl-].[NH2+]=Nc1cccc2c1C(=O)c1ccccc1C2=O. The van der Waals surface area contributed by atoms with Crippen molar-refractivity contribution in [1.29, 1.82) is 0 Å². The molecule has 2 N–H and O–H groups in total. The zero-order chi connectivity index (χ0) is 12.7. The molecule has 0 fully saturated rings. The summed E-state index contributed by atoms with van der Waals surface area (Å²) in [5.41, 5.74) is 7.11. The Balaban J connectivity index is 0.00000133. The molecule has 2 aromatic rings. The Hall–Kier alpha value is -2.33. The second-order valence-corrected chi connectivity index (χ2v) is 4.03.